The van der Waals surface area contributed by atoms with Crippen molar-refractivity contribution in [2.45, 2.75) is 52.7 Å². The summed E-state index contributed by atoms with van der Waals surface area (Å²) in [6.45, 7) is 9.91. The quantitative estimate of drug-likeness (QED) is 0.888. The van der Waals surface area contributed by atoms with Gasteiger partial charge in [0.05, 0.1) is 0 Å². The minimum absolute atomic E-state index is 0.637. The number of piperidine rings is 1. The molecular weight excluding hydrogens is 220 g/mol. The number of nitrogens with two attached hydrogens (primary N) is 1. The van der Waals surface area contributed by atoms with E-state index in [-0.39, 0.29) is 0 Å². The second kappa shape index (κ2) is 5.85. The number of rotatable bonds is 3. The molecule has 100 valence electrons. The van der Waals surface area contributed by atoms with Crippen molar-refractivity contribution in [1.29, 1.82) is 0 Å². The van der Waals surface area contributed by atoms with Crippen LogP contribution in [0.1, 0.15) is 43.4 Å². The molecule has 1 heterocycles. The number of benzene rings is 1. The Morgan fingerprint density at radius 1 is 1.33 bits per heavy atom. The van der Waals surface area contributed by atoms with Gasteiger partial charge in [-0.15, -0.1) is 0 Å². The van der Waals surface area contributed by atoms with Crippen molar-refractivity contribution in [3.8, 4) is 0 Å². The fourth-order valence-corrected chi connectivity index (χ4v) is 2.93. The summed E-state index contributed by atoms with van der Waals surface area (Å²) in [6, 6.07) is 7.35. The Morgan fingerprint density at radius 3 is 2.78 bits per heavy atom. The van der Waals surface area contributed by atoms with Crippen LogP contribution in [-0.4, -0.2) is 17.5 Å². The van der Waals surface area contributed by atoms with Crippen molar-refractivity contribution < 1.29 is 0 Å². The van der Waals surface area contributed by atoms with Crippen molar-refractivity contribution in [3.05, 3.63) is 34.9 Å². The summed E-state index contributed by atoms with van der Waals surface area (Å²) in [5.74, 6) is 0.822. The Bertz CT molecular complexity index is 400. The molecule has 0 radical (unpaired) electrons. The van der Waals surface area contributed by atoms with Gasteiger partial charge in [-0.1, -0.05) is 25.1 Å². The van der Waals surface area contributed by atoms with Crippen molar-refractivity contribution in [2.75, 3.05) is 6.54 Å². The van der Waals surface area contributed by atoms with E-state index in [2.05, 4.69) is 43.9 Å². The highest BCUT2D eigenvalue weighted by Gasteiger charge is 2.24. The molecule has 2 rings (SSSR count). The van der Waals surface area contributed by atoms with Gasteiger partial charge in [0.1, 0.15) is 0 Å². The minimum atomic E-state index is 0.637. The summed E-state index contributed by atoms with van der Waals surface area (Å²) in [5, 5.41) is 0. The lowest BCUT2D eigenvalue weighted by Crippen LogP contribution is -2.41. The van der Waals surface area contributed by atoms with Crippen LogP contribution in [0.4, 0.5) is 0 Å². The zero-order chi connectivity index (χ0) is 13.1. The molecule has 0 aromatic heterocycles. The van der Waals surface area contributed by atoms with Gasteiger partial charge in [0.25, 0.3) is 0 Å². The molecule has 1 aliphatic rings. The van der Waals surface area contributed by atoms with Crippen LogP contribution in [0.3, 0.4) is 0 Å². The van der Waals surface area contributed by atoms with Crippen LogP contribution in [0.5, 0.6) is 0 Å². The molecule has 18 heavy (non-hydrogen) atoms. The first-order chi connectivity index (χ1) is 8.61. The third kappa shape index (κ3) is 2.93. The molecule has 1 aromatic rings. The summed E-state index contributed by atoms with van der Waals surface area (Å²) in [7, 11) is 0. The van der Waals surface area contributed by atoms with Crippen LogP contribution in [0.25, 0.3) is 0 Å². The number of nitrogens with zero attached hydrogens (tertiary/aromatic N) is 1. The molecule has 0 bridgehead atoms. The highest BCUT2D eigenvalue weighted by atomic mass is 15.2. The largest absolute Gasteiger partial charge is 0.326 e. The second-order valence-electron chi connectivity index (χ2n) is 5.80. The van der Waals surface area contributed by atoms with Crippen molar-refractivity contribution in [3.63, 3.8) is 0 Å². The average molecular weight is 246 g/mol. The first-order valence-electron chi connectivity index (χ1n) is 7.14. The van der Waals surface area contributed by atoms with E-state index >= 15 is 0 Å². The molecule has 2 N–H and O–H groups in total. The number of hydrogen-bond donors (Lipinski definition) is 1. The van der Waals surface area contributed by atoms with Crippen molar-refractivity contribution in [1.82, 2.24) is 4.90 Å². The first kappa shape index (κ1) is 13.6. The standard InChI is InChI=1S/C16H26N2/c1-12-5-4-8-18(14(12)3)11-16-7-6-15(10-17)9-13(16)2/h6-7,9,12,14H,4-5,8,10-11,17H2,1-3H3. The zero-order valence-electron chi connectivity index (χ0n) is 11.9. The van der Waals surface area contributed by atoms with E-state index in [1.807, 2.05) is 0 Å². The molecule has 0 spiro atoms. The van der Waals surface area contributed by atoms with Gasteiger partial charge in [-0.25, -0.2) is 0 Å². The molecule has 0 saturated carbocycles. The summed E-state index contributed by atoms with van der Waals surface area (Å²) < 4.78 is 0. The SMILES string of the molecule is Cc1cc(CN)ccc1CN1CCCC(C)C1C. The Hall–Kier alpha value is -0.860. The molecule has 2 atom stereocenters. The van der Waals surface area contributed by atoms with Crippen LogP contribution in [-0.2, 0) is 13.1 Å². The first-order valence-corrected chi connectivity index (χ1v) is 7.14. The van der Waals surface area contributed by atoms with E-state index in [1.54, 1.807) is 0 Å². The van der Waals surface area contributed by atoms with Gasteiger partial charge >= 0.3 is 0 Å². The maximum Gasteiger partial charge on any atom is 0.0239 e. The van der Waals surface area contributed by atoms with Crippen molar-refractivity contribution >= 4 is 0 Å². The van der Waals surface area contributed by atoms with Crippen LogP contribution >= 0.6 is 0 Å². The van der Waals surface area contributed by atoms with E-state index in [4.69, 9.17) is 5.73 Å². The van der Waals surface area contributed by atoms with Crippen LogP contribution in [0.15, 0.2) is 18.2 Å². The van der Waals surface area contributed by atoms with Crippen LogP contribution in [0, 0.1) is 12.8 Å². The van der Waals surface area contributed by atoms with Gasteiger partial charge in [-0.3, -0.25) is 4.90 Å². The summed E-state index contributed by atoms with van der Waals surface area (Å²) >= 11 is 0. The summed E-state index contributed by atoms with van der Waals surface area (Å²) in [4.78, 5) is 2.62. The molecule has 1 saturated heterocycles. The Balaban J connectivity index is 2.09. The third-order valence-corrected chi connectivity index (χ3v) is 4.52. The lowest BCUT2D eigenvalue weighted by Gasteiger charge is -2.38. The smallest absolute Gasteiger partial charge is 0.0239 e. The molecule has 2 unspecified atom stereocenters. The molecule has 0 aliphatic carbocycles. The fraction of sp³-hybridized carbons (Fsp3) is 0.625. The Morgan fingerprint density at radius 2 is 2.11 bits per heavy atom. The molecule has 1 fully saturated rings. The highest BCUT2D eigenvalue weighted by Crippen LogP contribution is 2.25. The fourth-order valence-electron chi connectivity index (χ4n) is 2.93. The van der Waals surface area contributed by atoms with Gasteiger partial charge in [0.2, 0.25) is 0 Å². The van der Waals surface area contributed by atoms with E-state index in [1.165, 1.54) is 36.1 Å². The molecule has 1 aromatic carbocycles. The Labute approximate surface area is 111 Å². The second-order valence-corrected chi connectivity index (χ2v) is 5.80. The summed E-state index contributed by atoms with van der Waals surface area (Å²) in [5.41, 5.74) is 9.75. The van der Waals surface area contributed by atoms with Crippen molar-refractivity contribution in [2.24, 2.45) is 11.7 Å². The van der Waals surface area contributed by atoms with E-state index in [0.29, 0.717) is 12.6 Å². The topological polar surface area (TPSA) is 29.3 Å². The molecule has 2 nitrogen and oxygen atoms in total. The number of hydrogen-bond acceptors (Lipinski definition) is 2. The van der Waals surface area contributed by atoms with E-state index in [9.17, 15) is 0 Å². The molecule has 0 amide bonds. The van der Waals surface area contributed by atoms with Gasteiger partial charge in [0, 0.05) is 19.1 Å². The normalized spacial score (nSPS) is 25.3. The predicted octanol–water partition coefficient (Wildman–Crippen LogP) is 3.07. The maximum atomic E-state index is 5.68. The van der Waals surface area contributed by atoms with E-state index < -0.39 is 0 Å². The summed E-state index contributed by atoms with van der Waals surface area (Å²) in [6.07, 6.45) is 2.72. The molecular formula is C16H26N2. The number of aryl methyl sites for hydroxylation is 1. The van der Waals surface area contributed by atoms with Gasteiger partial charge in [-0.2, -0.15) is 0 Å². The number of likely N-dealkylation sites (tertiary alicyclic amines) is 1. The van der Waals surface area contributed by atoms with Crippen LogP contribution in [0.2, 0.25) is 0 Å². The Kier molecular flexibility index (Phi) is 4.41. The zero-order valence-corrected chi connectivity index (χ0v) is 11.9. The minimum Gasteiger partial charge on any atom is -0.326 e. The average Bonchev–Trinajstić information content (AvgIpc) is 2.37. The molecule has 1 aliphatic heterocycles. The van der Waals surface area contributed by atoms with Crippen LogP contribution < -0.4 is 5.73 Å². The van der Waals surface area contributed by atoms with Gasteiger partial charge in [0.15, 0.2) is 0 Å². The predicted molar refractivity (Wildman–Crippen MR) is 77.3 cm³/mol. The van der Waals surface area contributed by atoms with Gasteiger partial charge in [-0.05, 0) is 55.8 Å². The monoisotopic (exact) mass is 246 g/mol. The lowest BCUT2D eigenvalue weighted by atomic mass is 9.91. The maximum absolute atomic E-state index is 5.68. The lowest BCUT2D eigenvalue weighted by molar-refractivity contribution is 0.106. The van der Waals surface area contributed by atoms with E-state index in [0.717, 1.165) is 12.5 Å². The third-order valence-electron chi connectivity index (χ3n) is 4.52. The van der Waals surface area contributed by atoms with Gasteiger partial charge < -0.3 is 5.73 Å². The highest BCUT2D eigenvalue weighted by molar-refractivity contribution is 5.31. The molecule has 2 heteroatoms.